The van der Waals surface area contributed by atoms with Gasteiger partial charge >= 0.3 is 0 Å². The third-order valence-corrected chi connectivity index (χ3v) is 3.10. The first-order valence-electron chi connectivity index (χ1n) is 6.81. The summed E-state index contributed by atoms with van der Waals surface area (Å²) >= 11 is 0. The molecule has 1 rings (SSSR count). The molecule has 19 heavy (non-hydrogen) atoms. The molecule has 1 fully saturated rings. The molecule has 1 saturated heterocycles. The summed E-state index contributed by atoms with van der Waals surface area (Å²) in [5.74, 6) is 0.690. The van der Waals surface area contributed by atoms with Crippen LogP contribution in [0.4, 0.5) is 0 Å². The monoisotopic (exact) mass is 294 g/mol. The van der Waals surface area contributed by atoms with Gasteiger partial charge in [0, 0.05) is 38.1 Å². The number of nitrogens with one attached hydrogen (secondary N) is 2. The molecule has 0 saturated carbocycles. The number of halogens is 1. The second-order valence-corrected chi connectivity index (χ2v) is 4.91. The van der Waals surface area contributed by atoms with Crippen LogP contribution in [0.5, 0.6) is 0 Å². The van der Waals surface area contributed by atoms with Crippen molar-refractivity contribution in [3.63, 3.8) is 0 Å². The Morgan fingerprint density at radius 2 is 2.32 bits per heavy atom. The normalized spacial score (nSPS) is 19.8. The van der Waals surface area contributed by atoms with Crippen molar-refractivity contribution < 1.29 is 14.3 Å². The zero-order chi connectivity index (χ0) is 13.2. The maximum Gasteiger partial charge on any atom is 0.224 e. The van der Waals surface area contributed by atoms with Gasteiger partial charge in [-0.2, -0.15) is 0 Å². The number of carbonyl (C=O) groups is 1. The minimum absolute atomic E-state index is 0. The van der Waals surface area contributed by atoms with E-state index < -0.39 is 0 Å². The van der Waals surface area contributed by atoms with Gasteiger partial charge in [0.15, 0.2) is 0 Å². The second kappa shape index (κ2) is 11.5. The van der Waals surface area contributed by atoms with E-state index in [4.69, 9.17) is 9.47 Å². The molecule has 1 aliphatic heterocycles. The molecule has 6 heteroatoms. The third-order valence-electron chi connectivity index (χ3n) is 3.10. The first-order chi connectivity index (χ1) is 8.74. The van der Waals surface area contributed by atoms with E-state index in [2.05, 4.69) is 10.6 Å². The summed E-state index contributed by atoms with van der Waals surface area (Å²) in [6, 6.07) is 0. The lowest BCUT2D eigenvalue weighted by molar-refractivity contribution is -0.124. The van der Waals surface area contributed by atoms with Gasteiger partial charge < -0.3 is 20.1 Å². The molecule has 0 radical (unpaired) electrons. The molecule has 0 aromatic heterocycles. The summed E-state index contributed by atoms with van der Waals surface area (Å²) in [4.78, 5) is 11.6. The van der Waals surface area contributed by atoms with Crippen LogP contribution in [0.25, 0.3) is 0 Å². The topological polar surface area (TPSA) is 59.6 Å². The summed E-state index contributed by atoms with van der Waals surface area (Å²) in [6.45, 7) is 6.51. The summed E-state index contributed by atoms with van der Waals surface area (Å²) in [5.41, 5.74) is 0. The SMILES string of the molecule is CNCC(C)C(=O)NCCCOCC1CCOC1.Cl. The summed E-state index contributed by atoms with van der Waals surface area (Å²) in [7, 11) is 1.85. The van der Waals surface area contributed by atoms with E-state index in [0.29, 0.717) is 25.6 Å². The molecule has 2 N–H and O–H groups in total. The van der Waals surface area contributed by atoms with Crippen molar-refractivity contribution in [2.75, 3.05) is 46.6 Å². The number of ether oxygens (including phenoxy) is 2. The highest BCUT2D eigenvalue weighted by Crippen LogP contribution is 2.12. The maximum absolute atomic E-state index is 11.6. The molecule has 114 valence electrons. The molecule has 5 nitrogen and oxygen atoms in total. The van der Waals surface area contributed by atoms with E-state index in [0.717, 1.165) is 32.7 Å². The van der Waals surface area contributed by atoms with Crippen LogP contribution in [-0.2, 0) is 14.3 Å². The maximum atomic E-state index is 11.6. The average Bonchev–Trinajstić information content (AvgIpc) is 2.86. The first-order valence-corrected chi connectivity index (χ1v) is 6.81. The predicted octanol–water partition coefficient (Wildman–Crippen LogP) is 0.823. The van der Waals surface area contributed by atoms with Gasteiger partial charge in [-0.1, -0.05) is 6.92 Å². The lowest BCUT2D eigenvalue weighted by Gasteiger charge is -2.12. The third kappa shape index (κ3) is 8.42. The zero-order valence-electron chi connectivity index (χ0n) is 11.9. The van der Waals surface area contributed by atoms with E-state index in [1.807, 2.05) is 14.0 Å². The Morgan fingerprint density at radius 3 is 2.95 bits per heavy atom. The smallest absolute Gasteiger partial charge is 0.224 e. The molecule has 0 aliphatic carbocycles. The summed E-state index contributed by atoms with van der Waals surface area (Å²) in [5, 5.41) is 5.91. The number of hydrogen-bond acceptors (Lipinski definition) is 4. The van der Waals surface area contributed by atoms with Crippen molar-refractivity contribution >= 4 is 18.3 Å². The molecular formula is C13H27ClN2O3. The van der Waals surface area contributed by atoms with E-state index in [1.165, 1.54) is 0 Å². The van der Waals surface area contributed by atoms with Crippen molar-refractivity contribution in [2.45, 2.75) is 19.8 Å². The lowest BCUT2D eigenvalue weighted by atomic mass is 10.1. The molecule has 0 bridgehead atoms. The van der Waals surface area contributed by atoms with Crippen LogP contribution in [-0.4, -0.2) is 52.5 Å². The number of rotatable bonds is 9. The van der Waals surface area contributed by atoms with Crippen LogP contribution < -0.4 is 10.6 Å². The van der Waals surface area contributed by atoms with Crippen LogP contribution in [0.1, 0.15) is 19.8 Å². The average molecular weight is 295 g/mol. The molecule has 2 unspecified atom stereocenters. The number of amides is 1. The van der Waals surface area contributed by atoms with Gasteiger partial charge in [-0.15, -0.1) is 12.4 Å². The van der Waals surface area contributed by atoms with Crippen molar-refractivity contribution in [2.24, 2.45) is 11.8 Å². The Balaban J connectivity index is 0.00000324. The van der Waals surface area contributed by atoms with Gasteiger partial charge in [-0.3, -0.25) is 4.79 Å². The Hall–Kier alpha value is -0.360. The molecule has 2 atom stereocenters. The van der Waals surface area contributed by atoms with Gasteiger partial charge in [-0.25, -0.2) is 0 Å². The van der Waals surface area contributed by atoms with Crippen LogP contribution in [0.15, 0.2) is 0 Å². The number of hydrogen-bond donors (Lipinski definition) is 2. The van der Waals surface area contributed by atoms with E-state index in [9.17, 15) is 4.79 Å². The summed E-state index contributed by atoms with van der Waals surface area (Å²) < 4.78 is 10.8. The van der Waals surface area contributed by atoms with Gasteiger partial charge in [0.1, 0.15) is 0 Å². The fourth-order valence-corrected chi connectivity index (χ4v) is 1.92. The minimum Gasteiger partial charge on any atom is -0.381 e. The van der Waals surface area contributed by atoms with Gasteiger partial charge in [-0.05, 0) is 19.9 Å². The number of carbonyl (C=O) groups excluding carboxylic acids is 1. The highest BCUT2D eigenvalue weighted by Gasteiger charge is 2.15. The van der Waals surface area contributed by atoms with Crippen molar-refractivity contribution in [3.05, 3.63) is 0 Å². The molecular weight excluding hydrogens is 268 g/mol. The molecule has 1 heterocycles. The largest absolute Gasteiger partial charge is 0.381 e. The van der Waals surface area contributed by atoms with Crippen LogP contribution >= 0.6 is 12.4 Å². The lowest BCUT2D eigenvalue weighted by Crippen LogP contribution is -2.35. The molecule has 0 aromatic rings. The Kier molecular flexibility index (Phi) is 11.2. The van der Waals surface area contributed by atoms with Crippen LogP contribution in [0, 0.1) is 11.8 Å². The van der Waals surface area contributed by atoms with E-state index >= 15 is 0 Å². The van der Waals surface area contributed by atoms with Crippen molar-refractivity contribution in [1.82, 2.24) is 10.6 Å². The molecule has 0 aromatic carbocycles. The van der Waals surface area contributed by atoms with Crippen LogP contribution in [0.3, 0.4) is 0 Å². The zero-order valence-corrected chi connectivity index (χ0v) is 12.8. The summed E-state index contributed by atoms with van der Waals surface area (Å²) in [6.07, 6.45) is 1.98. The van der Waals surface area contributed by atoms with Crippen molar-refractivity contribution in [3.8, 4) is 0 Å². The van der Waals surface area contributed by atoms with E-state index in [1.54, 1.807) is 0 Å². The Labute approximate surface area is 122 Å². The Bertz CT molecular complexity index is 236. The highest BCUT2D eigenvalue weighted by atomic mass is 35.5. The fourth-order valence-electron chi connectivity index (χ4n) is 1.92. The standard InChI is InChI=1S/C13H26N2O3.ClH/c1-11(8-14-2)13(16)15-5-3-6-17-9-12-4-7-18-10-12;/h11-12,14H,3-10H2,1-2H3,(H,15,16);1H. The predicted molar refractivity (Wildman–Crippen MR) is 77.7 cm³/mol. The van der Waals surface area contributed by atoms with E-state index in [-0.39, 0.29) is 24.2 Å². The molecule has 1 aliphatic rings. The quantitative estimate of drug-likeness (QED) is 0.618. The minimum atomic E-state index is 0. The second-order valence-electron chi connectivity index (χ2n) is 4.91. The highest BCUT2D eigenvalue weighted by molar-refractivity contribution is 5.85. The Morgan fingerprint density at radius 1 is 1.53 bits per heavy atom. The van der Waals surface area contributed by atoms with Crippen LogP contribution in [0.2, 0.25) is 0 Å². The van der Waals surface area contributed by atoms with Gasteiger partial charge in [0.2, 0.25) is 5.91 Å². The van der Waals surface area contributed by atoms with Gasteiger partial charge in [0.25, 0.3) is 0 Å². The molecule has 0 spiro atoms. The van der Waals surface area contributed by atoms with Crippen molar-refractivity contribution in [1.29, 1.82) is 0 Å². The first kappa shape index (κ1) is 18.6. The fraction of sp³-hybridized carbons (Fsp3) is 0.923. The van der Waals surface area contributed by atoms with Gasteiger partial charge in [0.05, 0.1) is 13.2 Å². The molecule has 1 amide bonds.